The number of ether oxygens (including phenoxy) is 2. The van der Waals surface area contributed by atoms with Gasteiger partial charge in [-0.1, -0.05) is 12.1 Å². The Hall–Kier alpha value is -2.08. The molecule has 0 saturated heterocycles. The zero-order chi connectivity index (χ0) is 15.7. The van der Waals surface area contributed by atoms with Crippen LogP contribution in [0.1, 0.15) is 12.5 Å². The SMILES string of the molecule is COC(=O)C(CNCCc1ccc(OC)cc1)NC(C)=O. The summed E-state index contributed by atoms with van der Waals surface area (Å²) in [5.74, 6) is 0.104. The fraction of sp³-hybridized carbons (Fsp3) is 0.467. The van der Waals surface area contributed by atoms with E-state index in [2.05, 4.69) is 15.4 Å². The van der Waals surface area contributed by atoms with Gasteiger partial charge < -0.3 is 20.1 Å². The molecule has 0 saturated carbocycles. The minimum Gasteiger partial charge on any atom is -0.497 e. The van der Waals surface area contributed by atoms with Gasteiger partial charge in [0.2, 0.25) is 5.91 Å². The van der Waals surface area contributed by atoms with Crippen molar-refractivity contribution in [1.82, 2.24) is 10.6 Å². The zero-order valence-corrected chi connectivity index (χ0v) is 12.6. The van der Waals surface area contributed by atoms with Gasteiger partial charge in [-0.05, 0) is 30.7 Å². The van der Waals surface area contributed by atoms with E-state index in [-0.39, 0.29) is 5.91 Å². The Morgan fingerprint density at radius 2 is 1.86 bits per heavy atom. The van der Waals surface area contributed by atoms with E-state index in [0.717, 1.165) is 17.7 Å². The molecule has 1 aromatic rings. The molecule has 1 unspecified atom stereocenters. The first-order valence-corrected chi connectivity index (χ1v) is 6.75. The summed E-state index contributed by atoms with van der Waals surface area (Å²) in [6.07, 6.45) is 0.817. The van der Waals surface area contributed by atoms with Crippen LogP contribution in [0.3, 0.4) is 0 Å². The van der Waals surface area contributed by atoms with Crippen LogP contribution in [0.4, 0.5) is 0 Å². The molecule has 0 aliphatic rings. The van der Waals surface area contributed by atoms with E-state index in [4.69, 9.17) is 4.74 Å². The first-order valence-electron chi connectivity index (χ1n) is 6.75. The van der Waals surface area contributed by atoms with Crippen LogP contribution in [0, 0.1) is 0 Å². The molecule has 0 spiro atoms. The molecule has 0 radical (unpaired) electrons. The zero-order valence-electron chi connectivity index (χ0n) is 12.6. The third-order valence-corrected chi connectivity index (χ3v) is 2.96. The Balaban J connectivity index is 2.35. The summed E-state index contributed by atoms with van der Waals surface area (Å²) >= 11 is 0. The Labute approximate surface area is 124 Å². The average Bonchev–Trinajstić information content (AvgIpc) is 2.49. The summed E-state index contributed by atoms with van der Waals surface area (Å²) in [6.45, 7) is 2.40. The van der Waals surface area contributed by atoms with Crippen LogP contribution < -0.4 is 15.4 Å². The van der Waals surface area contributed by atoms with E-state index in [1.165, 1.54) is 14.0 Å². The molecular formula is C15H22N2O4. The van der Waals surface area contributed by atoms with Crippen molar-refractivity contribution in [3.63, 3.8) is 0 Å². The molecule has 1 aromatic carbocycles. The number of hydrogen-bond donors (Lipinski definition) is 2. The van der Waals surface area contributed by atoms with Gasteiger partial charge in [0.05, 0.1) is 14.2 Å². The van der Waals surface area contributed by atoms with Crippen molar-refractivity contribution in [1.29, 1.82) is 0 Å². The lowest BCUT2D eigenvalue weighted by Crippen LogP contribution is -2.47. The van der Waals surface area contributed by atoms with Crippen molar-refractivity contribution in [2.24, 2.45) is 0 Å². The number of esters is 1. The number of nitrogens with one attached hydrogen (secondary N) is 2. The second-order valence-electron chi connectivity index (χ2n) is 4.58. The van der Waals surface area contributed by atoms with Crippen molar-refractivity contribution < 1.29 is 19.1 Å². The molecule has 0 heterocycles. The van der Waals surface area contributed by atoms with Gasteiger partial charge in [-0.15, -0.1) is 0 Å². The predicted molar refractivity (Wildman–Crippen MR) is 79.2 cm³/mol. The van der Waals surface area contributed by atoms with Crippen molar-refractivity contribution >= 4 is 11.9 Å². The van der Waals surface area contributed by atoms with Crippen LogP contribution in [0.5, 0.6) is 5.75 Å². The van der Waals surface area contributed by atoms with Crippen LogP contribution in [0.25, 0.3) is 0 Å². The normalized spacial score (nSPS) is 11.6. The van der Waals surface area contributed by atoms with Gasteiger partial charge in [0, 0.05) is 13.5 Å². The molecular weight excluding hydrogens is 272 g/mol. The number of amides is 1. The van der Waals surface area contributed by atoms with Crippen molar-refractivity contribution in [3.8, 4) is 5.75 Å². The summed E-state index contributed by atoms with van der Waals surface area (Å²) in [5, 5.41) is 5.69. The number of carbonyl (C=O) groups is 2. The summed E-state index contributed by atoms with van der Waals surface area (Å²) in [6, 6.07) is 7.13. The fourth-order valence-corrected chi connectivity index (χ4v) is 1.85. The lowest BCUT2D eigenvalue weighted by atomic mass is 10.1. The minimum atomic E-state index is -0.664. The largest absolute Gasteiger partial charge is 0.497 e. The molecule has 0 aliphatic carbocycles. The molecule has 1 rings (SSSR count). The van der Waals surface area contributed by atoms with Gasteiger partial charge in [0.15, 0.2) is 0 Å². The lowest BCUT2D eigenvalue weighted by Gasteiger charge is -2.16. The maximum atomic E-state index is 11.5. The van der Waals surface area contributed by atoms with E-state index < -0.39 is 12.0 Å². The first kappa shape index (κ1) is 17.0. The lowest BCUT2D eigenvalue weighted by molar-refractivity contribution is -0.144. The third-order valence-electron chi connectivity index (χ3n) is 2.96. The molecule has 21 heavy (non-hydrogen) atoms. The molecule has 1 amide bonds. The van der Waals surface area contributed by atoms with Gasteiger partial charge in [0.1, 0.15) is 11.8 Å². The highest BCUT2D eigenvalue weighted by atomic mass is 16.5. The molecule has 116 valence electrons. The fourth-order valence-electron chi connectivity index (χ4n) is 1.85. The highest BCUT2D eigenvalue weighted by molar-refractivity contribution is 5.83. The summed E-state index contributed by atoms with van der Waals surface area (Å²) in [7, 11) is 2.93. The van der Waals surface area contributed by atoms with Crippen molar-refractivity contribution in [2.45, 2.75) is 19.4 Å². The monoisotopic (exact) mass is 294 g/mol. The summed E-state index contributed by atoms with van der Waals surface area (Å²) in [4.78, 5) is 22.5. The average molecular weight is 294 g/mol. The molecule has 0 aliphatic heterocycles. The van der Waals surface area contributed by atoms with Crippen molar-refractivity contribution in [3.05, 3.63) is 29.8 Å². The topological polar surface area (TPSA) is 76.7 Å². The predicted octanol–water partition coefficient (Wildman–Crippen LogP) is 0.505. The van der Waals surface area contributed by atoms with Gasteiger partial charge in [0.25, 0.3) is 0 Å². The Bertz CT molecular complexity index is 459. The van der Waals surface area contributed by atoms with Gasteiger partial charge in [-0.2, -0.15) is 0 Å². The second-order valence-corrected chi connectivity index (χ2v) is 4.58. The molecule has 1 atom stereocenters. The number of hydrogen-bond acceptors (Lipinski definition) is 5. The van der Waals surface area contributed by atoms with Crippen LogP contribution >= 0.6 is 0 Å². The van der Waals surface area contributed by atoms with E-state index in [1.807, 2.05) is 24.3 Å². The van der Waals surface area contributed by atoms with Crippen LogP contribution in [-0.4, -0.2) is 45.2 Å². The highest BCUT2D eigenvalue weighted by Crippen LogP contribution is 2.11. The molecule has 0 aromatic heterocycles. The van der Waals surface area contributed by atoms with E-state index in [0.29, 0.717) is 13.1 Å². The number of rotatable bonds is 8. The molecule has 6 heteroatoms. The standard InChI is InChI=1S/C15H22N2O4/c1-11(18)17-14(15(19)21-3)10-16-9-8-12-4-6-13(20-2)7-5-12/h4-7,14,16H,8-10H2,1-3H3,(H,17,18). The van der Waals surface area contributed by atoms with Gasteiger partial charge in [-0.3, -0.25) is 4.79 Å². The number of methoxy groups -OCH3 is 2. The maximum Gasteiger partial charge on any atom is 0.329 e. The second kappa shape index (κ2) is 8.97. The van der Waals surface area contributed by atoms with Crippen LogP contribution in [0.15, 0.2) is 24.3 Å². The quantitative estimate of drug-likeness (QED) is 0.539. The van der Waals surface area contributed by atoms with Crippen LogP contribution in [-0.2, 0) is 20.7 Å². The first-order chi connectivity index (χ1) is 10.1. The van der Waals surface area contributed by atoms with E-state index in [1.54, 1.807) is 7.11 Å². The smallest absolute Gasteiger partial charge is 0.329 e. The summed E-state index contributed by atoms with van der Waals surface area (Å²) in [5.41, 5.74) is 1.16. The molecule has 2 N–H and O–H groups in total. The highest BCUT2D eigenvalue weighted by Gasteiger charge is 2.19. The molecule has 0 fully saturated rings. The van der Waals surface area contributed by atoms with Gasteiger partial charge >= 0.3 is 5.97 Å². The van der Waals surface area contributed by atoms with Gasteiger partial charge in [-0.25, -0.2) is 4.79 Å². The Kier molecular flexibility index (Phi) is 7.25. The number of benzene rings is 1. The van der Waals surface area contributed by atoms with E-state index >= 15 is 0 Å². The van der Waals surface area contributed by atoms with E-state index in [9.17, 15) is 9.59 Å². The Morgan fingerprint density at radius 3 is 2.38 bits per heavy atom. The van der Waals surface area contributed by atoms with Crippen LogP contribution in [0.2, 0.25) is 0 Å². The summed E-state index contributed by atoms with van der Waals surface area (Å²) < 4.78 is 9.74. The minimum absolute atomic E-state index is 0.262. The maximum absolute atomic E-state index is 11.5. The third kappa shape index (κ3) is 6.27. The number of carbonyl (C=O) groups excluding carboxylic acids is 2. The molecule has 6 nitrogen and oxygen atoms in total. The molecule has 0 bridgehead atoms. The van der Waals surface area contributed by atoms with Crippen molar-refractivity contribution in [2.75, 3.05) is 27.3 Å². The Morgan fingerprint density at radius 1 is 1.19 bits per heavy atom.